The van der Waals surface area contributed by atoms with E-state index in [1.165, 1.54) is 27.2 Å². The van der Waals surface area contributed by atoms with Gasteiger partial charge in [-0.15, -0.1) is 0 Å². The molecule has 8 heteroatoms. The number of anilines is 2. The molecule has 0 bridgehead atoms. The van der Waals surface area contributed by atoms with E-state index in [0.29, 0.717) is 34.0 Å². The van der Waals surface area contributed by atoms with Gasteiger partial charge in [-0.3, -0.25) is 14.4 Å². The molecule has 3 aromatic rings. The van der Waals surface area contributed by atoms with E-state index >= 15 is 0 Å². The van der Waals surface area contributed by atoms with Crippen molar-refractivity contribution in [2.75, 3.05) is 24.9 Å². The van der Waals surface area contributed by atoms with E-state index in [1.807, 2.05) is 0 Å². The first kappa shape index (κ1) is 22.4. The lowest BCUT2D eigenvalue weighted by Crippen LogP contribution is -2.17. The van der Waals surface area contributed by atoms with E-state index in [1.54, 1.807) is 60.7 Å². The van der Waals surface area contributed by atoms with Crippen molar-refractivity contribution in [2.45, 2.75) is 6.92 Å². The summed E-state index contributed by atoms with van der Waals surface area (Å²) in [5.74, 6) is -0.0968. The average molecular weight is 434 g/mol. The number of ether oxygens (including phenoxy) is 3. The molecule has 0 heterocycles. The van der Waals surface area contributed by atoms with E-state index in [2.05, 4.69) is 10.6 Å². The van der Waals surface area contributed by atoms with E-state index in [-0.39, 0.29) is 5.75 Å². The van der Waals surface area contributed by atoms with Gasteiger partial charge in [-0.05, 0) is 42.5 Å². The number of hydrogen-bond acceptors (Lipinski definition) is 6. The summed E-state index contributed by atoms with van der Waals surface area (Å²) < 4.78 is 15.4. The standard InChI is InChI=1S/C24H22N2O6/c1-15(27)32-18-8-6-7-16(11-18)23(28)25-21-9-4-5-10-22(21)26-24(29)17-12-19(30-2)14-20(13-17)31-3/h4-14H,1-3H3,(H,25,28)(H,26,29). The van der Waals surface area contributed by atoms with Crippen molar-refractivity contribution >= 4 is 29.2 Å². The fourth-order valence-corrected chi connectivity index (χ4v) is 2.90. The zero-order chi connectivity index (χ0) is 23.1. The molecular formula is C24H22N2O6. The van der Waals surface area contributed by atoms with Crippen LogP contribution in [0.3, 0.4) is 0 Å². The molecule has 0 aliphatic carbocycles. The summed E-state index contributed by atoms with van der Waals surface area (Å²) in [5, 5.41) is 5.56. The zero-order valence-electron chi connectivity index (χ0n) is 17.8. The van der Waals surface area contributed by atoms with Crippen LogP contribution >= 0.6 is 0 Å². The molecule has 32 heavy (non-hydrogen) atoms. The third-order valence-corrected chi connectivity index (χ3v) is 4.39. The van der Waals surface area contributed by atoms with Crippen LogP contribution in [0.2, 0.25) is 0 Å². The summed E-state index contributed by atoms with van der Waals surface area (Å²) in [6, 6.07) is 17.9. The first-order chi connectivity index (χ1) is 15.4. The molecule has 0 aliphatic heterocycles. The van der Waals surface area contributed by atoms with Crippen LogP contribution in [0.1, 0.15) is 27.6 Å². The monoisotopic (exact) mass is 434 g/mol. The molecular weight excluding hydrogens is 412 g/mol. The maximum Gasteiger partial charge on any atom is 0.308 e. The minimum absolute atomic E-state index is 0.263. The number of para-hydroxylation sites is 2. The Bertz CT molecular complexity index is 1140. The number of carbonyl (C=O) groups is 3. The minimum atomic E-state index is -0.482. The first-order valence-electron chi connectivity index (χ1n) is 9.63. The second-order valence-corrected chi connectivity index (χ2v) is 6.68. The zero-order valence-corrected chi connectivity index (χ0v) is 17.8. The van der Waals surface area contributed by atoms with Gasteiger partial charge in [0, 0.05) is 24.1 Å². The number of carbonyl (C=O) groups excluding carboxylic acids is 3. The Hall–Kier alpha value is -4.33. The van der Waals surface area contributed by atoms with Gasteiger partial charge < -0.3 is 24.8 Å². The number of benzene rings is 3. The third kappa shape index (κ3) is 5.63. The first-order valence-corrected chi connectivity index (χ1v) is 9.63. The molecule has 8 nitrogen and oxygen atoms in total. The maximum absolute atomic E-state index is 12.8. The highest BCUT2D eigenvalue weighted by molar-refractivity contribution is 6.10. The van der Waals surface area contributed by atoms with Gasteiger partial charge in [0.15, 0.2) is 0 Å². The van der Waals surface area contributed by atoms with E-state index in [4.69, 9.17) is 14.2 Å². The van der Waals surface area contributed by atoms with Crippen molar-refractivity contribution in [2.24, 2.45) is 0 Å². The summed E-state index contributed by atoms with van der Waals surface area (Å²) in [7, 11) is 3.00. The fraction of sp³-hybridized carbons (Fsp3) is 0.125. The van der Waals surface area contributed by atoms with Gasteiger partial charge in [-0.1, -0.05) is 18.2 Å². The summed E-state index contributed by atoms with van der Waals surface area (Å²) >= 11 is 0. The third-order valence-electron chi connectivity index (χ3n) is 4.39. The highest BCUT2D eigenvalue weighted by Gasteiger charge is 2.14. The molecule has 0 atom stereocenters. The lowest BCUT2D eigenvalue weighted by atomic mass is 10.1. The van der Waals surface area contributed by atoms with Crippen molar-refractivity contribution in [3.8, 4) is 17.2 Å². The molecule has 164 valence electrons. The van der Waals surface area contributed by atoms with Gasteiger partial charge in [-0.25, -0.2) is 0 Å². The average Bonchev–Trinajstić information content (AvgIpc) is 2.79. The number of amides is 2. The number of nitrogens with one attached hydrogen (secondary N) is 2. The van der Waals surface area contributed by atoms with Crippen molar-refractivity contribution in [1.82, 2.24) is 0 Å². The van der Waals surface area contributed by atoms with Gasteiger partial charge in [0.05, 0.1) is 25.6 Å². The highest BCUT2D eigenvalue weighted by Crippen LogP contribution is 2.26. The van der Waals surface area contributed by atoms with Crippen LogP contribution in [0.5, 0.6) is 17.2 Å². The molecule has 0 saturated carbocycles. The SMILES string of the molecule is COc1cc(OC)cc(C(=O)Nc2ccccc2NC(=O)c2cccc(OC(C)=O)c2)c1. The number of hydrogen-bond donors (Lipinski definition) is 2. The van der Waals surface area contributed by atoms with Gasteiger partial charge in [-0.2, -0.15) is 0 Å². The molecule has 2 N–H and O–H groups in total. The van der Waals surface area contributed by atoms with Crippen LogP contribution in [0.15, 0.2) is 66.7 Å². The van der Waals surface area contributed by atoms with E-state index in [0.717, 1.165) is 0 Å². The summed E-state index contributed by atoms with van der Waals surface area (Å²) in [4.78, 5) is 36.7. The molecule has 2 amide bonds. The van der Waals surface area contributed by atoms with Crippen LogP contribution in [0, 0.1) is 0 Å². The Morgan fingerprint density at radius 1 is 0.656 bits per heavy atom. The predicted molar refractivity (Wildman–Crippen MR) is 120 cm³/mol. The number of rotatable bonds is 7. The second-order valence-electron chi connectivity index (χ2n) is 6.68. The number of methoxy groups -OCH3 is 2. The Morgan fingerprint density at radius 2 is 1.19 bits per heavy atom. The van der Waals surface area contributed by atoms with Crippen LogP contribution < -0.4 is 24.8 Å². The normalized spacial score (nSPS) is 10.1. The van der Waals surface area contributed by atoms with Gasteiger partial charge in [0.2, 0.25) is 0 Å². The van der Waals surface area contributed by atoms with Crippen molar-refractivity contribution in [3.05, 3.63) is 77.9 Å². The molecule has 0 aromatic heterocycles. The Labute approximate surface area is 185 Å². The fourth-order valence-electron chi connectivity index (χ4n) is 2.90. The van der Waals surface area contributed by atoms with Gasteiger partial charge in [0.1, 0.15) is 17.2 Å². The summed E-state index contributed by atoms with van der Waals surface area (Å²) in [5.41, 5.74) is 1.43. The predicted octanol–water partition coefficient (Wildman–Crippen LogP) is 4.13. The Morgan fingerprint density at radius 3 is 1.72 bits per heavy atom. The second kappa shape index (κ2) is 10.1. The Kier molecular flexibility index (Phi) is 7.07. The molecule has 3 aromatic carbocycles. The topological polar surface area (TPSA) is 103 Å². The largest absolute Gasteiger partial charge is 0.497 e. The highest BCUT2D eigenvalue weighted by atomic mass is 16.5. The van der Waals surface area contributed by atoms with E-state index in [9.17, 15) is 14.4 Å². The molecule has 0 spiro atoms. The van der Waals surface area contributed by atoms with Crippen LogP contribution in [0.25, 0.3) is 0 Å². The van der Waals surface area contributed by atoms with Crippen LogP contribution in [0.4, 0.5) is 11.4 Å². The molecule has 0 unspecified atom stereocenters. The van der Waals surface area contributed by atoms with Crippen LogP contribution in [-0.4, -0.2) is 32.0 Å². The molecule has 3 rings (SSSR count). The Balaban J connectivity index is 1.80. The molecule has 0 saturated heterocycles. The van der Waals surface area contributed by atoms with Crippen molar-refractivity contribution < 1.29 is 28.6 Å². The van der Waals surface area contributed by atoms with Crippen LogP contribution in [-0.2, 0) is 4.79 Å². The lowest BCUT2D eigenvalue weighted by Gasteiger charge is -2.13. The van der Waals surface area contributed by atoms with Gasteiger partial charge >= 0.3 is 5.97 Å². The molecule has 0 aliphatic rings. The minimum Gasteiger partial charge on any atom is -0.497 e. The maximum atomic E-state index is 12.8. The quantitative estimate of drug-likeness (QED) is 0.428. The van der Waals surface area contributed by atoms with Crippen molar-refractivity contribution in [1.29, 1.82) is 0 Å². The molecule has 0 radical (unpaired) electrons. The van der Waals surface area contributed by atoms with Gasteiger partial charge in [0.25, 0.3) is 11.8 Å². The smallest absolute Gasteiger partial charge is 0.308 e. The summed E-state index contributed by atoms with van der Waals surface area (Å²) in [6.45, 7) is 1.28. The lowest BCUT2D eigenvalue weighted by molar-refractivity contribution is -0.131. The van der Waals surface area contributed by atoms with E-state index < -0.39 is 17.8 Å². The van der Waals surface area contributed by atoms with Crippen molar-refractivity contribution in [3.63, 3.8) is 0 Å². The number of esters is 1. The summed E-state index contributed by atoms with van der Waals surface area (Å²) in [6.07, 6.45) is 0. The molecule has 0 fully saturated rings.